The first kappa shape index (κ1) is 23.7. The fraction of sp³-hybridized carbons (Fsp3) is 0.750. The van der Waals surface area contributed by atoms with E-state index in [9.17, 15) is 14.4 Å². The zero-order chi connectivity index (χ0) is 23.4. The lowest BCUT2D eigenvalue weighted by Crippen LogP contribution is -2.63. The van der Waals surface area contributed by atoms with Gasteiger partial charge in [0.1, 0.15) is 11.2 Å². The van der Waals surface area contributed by atoms with Crippen LogP contribution in [0.5, 0.6) is 0 Å². The molecule has 1 aromatic rings. The summed E-state index contributed by atoms with van der Waals surface area (Å²) in [7, 11) is 1.66. The first-order valence-electron chi connectivity index (χ1n) is 12.6. The van der Waals surface area contributed by atoms with Crippen LogP contribution in [-0.4, -0.2) is 82.1 Å². The summed E-state index contributed by atoms with van der Waals surface area (Å²) >= 11 is 0. The van der Waals surface area contributed by atoms with Crippen LogP contribution < -0.4 is 10.6 Å². The smallest absolute Gasteiger partial charge is 0.272 e. The third kappa shape index (κ3) is 5.23. The topological polar surface area (TPSA) is 99.6 Å². The van der Waals surface area contributed by atoms with Crippen molar-refractivity contribution in [1.29, 1.82) is 0 Å². The number of aromatic nitrogens is 2. The number of carbonyl (C=O) groups is 3. The number of rotatable bonds is 7. The van der Waals surface area contributed by atoms with Crippen LogP contribution in [0.25, 0.3) is 0 Å². The fourth-order valence-corrected chi connectivity index (χ4v) is 5.20. The van der Waals surface area contributed by atoms with Crippen molar-refractivity contribution in [2.45, 2.75) is 82.8 Å². The van der Waals surface area contributed by atoms with E-state index in [2.05, 4.69) is 20.6 Å². The first-order chi connectivity index (χ1) is 15.9. The molecule has 33 heavy (non-hydrogen) atoms. The standard InChI is InChI=1S/C24H38N6O3/c1-24(23(33)26-18-10-5-3-4-6-11-18)17-30-20(22(32)28(24)2)16-19(27-30)21(31)25-12-9-15-29-13-7-8-14-29/h16,18H,3-15,17H2,1-2H3,(H,25,31)(H,26,33). The van der Waals surface area contributed by atoms with Crippen LogP contribution in [0.2, 0.25) is 0 Å². The van der Waals surface area contributed by atoms with Crippen LogP contribution >= 0.6 is 0 Å². The summed E-state index contributed by atoms with van der Waals surface area (Å²) in [6.07, 6.45) is 10.0. The van der Waals surface area contributed by atoms with E-state index in [1.807, 2.05) is 0 Å². The molecule has 1 aliphatic carbocycles. The Balaban J connectivity index is 1.38. The summed E-state index contributed by atoms with van der Waals surface area (Å²) in [6.45, 7) is 5.85. The fourth-order valence-electron chi connectivity index (χ4n) is 5.20. The van der Waals surface area contributed by atoms with Gasteiger partial charge in [-0.3, -0.25) is 19.1 Å². The second kappa shape index (κ2) is 10.2. The Morgan fingerprint density at radius 3 is 2.52 bits per heavy atom. The van der Waals surface area contributed by atoms with Gasteiger partial charge in [-0.2, -0.15) is 5.10 Å². The van der Waals surface area contributed by atoms with E-state index in [0.717, 1.165) is 51.7 Å². The monoisotopic (exact) mass is 458 g/mol. The normalized spacial score (nSPS) is 24.4. The molecule has 2 aliphatic heterocycles. The van der Waals surface area contributed by atoms with Crippen molar-refractivity contribution >= 4 is 17.7 Å². The Kier molecular flexibility index (Phi) is 7.36. The maximum absolute atomic E-state index is 13.3. The number of nitrogens with zero attached hydrogens (tertiary/aromatic N) is 4. The van der Waals surface area contributed by atoms with Gasteiger partial charge in [0.25, 0.3) is 11.8 Å². The minimum Gasteiger partial charge on any atom is -0.351 e. The summed E-state index contributed by atoms with van der Waals surface area (Å²) in [4.78, 5) is 42.9. The molecule has 1 unspecified atom stereocenters. The van der Waals surface area contributed by atoms with Crippen LogP contribution in [0.4, 0.5) is 0 Å². The number of nitrogens with one attached hydrogen (secondary N) is 2. The quantitative estimate of drug-likeness (QED) is 0.479. The van der Waals surface area contributed by atoms with Crippen LogP contribution in [0.15, 0.2) is 6.07 Å². The molecule has 9 heteroatoms. The predicted octanol–water partition coefficient (Wildman–Crippen LogP) is 1.78. The van der Waals surface area contributed by atoms with Gasteiger partial charge in [-0.05, 0) is 58.7 Å². The second-order valence-electron chi connectivity index (χ2n) is 10.0. The highest BCUT2D eigenvalue weighted by molar-refractivity contribution is 6.01. The number of hydrogen-bond donors (Lipinski definition) is 2. The molecule has 0 bridgehead atoms. The van der Waals surface area contributed by atoms with Crippen molar-refractivity contribution in [1.82, 2.24) is 30.2 Å². The maximum Gasteiger partial charge on any atom is 0.272 e. The molecule has 2 fully saturated rings. The van der Waals surface area contributed by atoms with E-state index in [0.29, 0.717) is 12.2 Å². The van der Waals surface area contributed by atoms with Crippen LogP contribution in [0.1, 0.15) is 85.7 Å². The van der Waals surface area contributed by atoms with Gasteiger partial charge in [-0.15, -0.1) is 0 Å². The van der Waals surface area contributed by atoms with Gasteiger partial charge in [0, 0.05) is 25.7 Å². The highest BCUT2D eigenvalue weighted by Gasteiger charge is 2.46. The van der Waals surface area contributed by atoms with Gasteiger partial charge in [0.05, 0.1) is 6.54 Å². The second-order valence-corrected chi connectivity index (χ2v) is 10.0. The molecule has 0 radical (unpaired) electrons. The maximum atomic E-state index is 13.3. The van der Waals surface area contributed by atoms with E-state index in [1.165, 1.54) is 41.3 Å². The molecule has 1 saturated carbocycles. The van der Waals surface area contributed by atoms with Crippen molar-refractivity contribution in [3.05, 3.63) is 17.5 Å². The number of fused-ring (bicyclic) bond motifs is 1. The first-order valence-corrected chi connectivity index (χ1v) is 12.6. The summed E-state index contributed by atoms with van der Waals surface area (Å²) in [6, 6.07) is 1.69. The zero-order valence-electron chi connectivity index (χ0n) is 20.1. The zero-order valence-corrected chi connectivity index (χ0v) is 20.1. The molecule has 1 atom stereocenters. The Labute approximate surface area is 196 Å². The Morgan fingerprint density at radius 1 is 1.12 bits per heavy atom. The lowest BCUT2D eigenvalue weighted by molar-refractivity contribution is -0.133. The van der Waals surface area contributed by atoms with Gasteiger partial charge in [0.15, 0.2) is 5.69 Å². The van der Waals surface area contributed by atoms with Crippen LogP contribution in [0, 0.1) is 0 Å². The van der Waals surface area contributed by atoms with Gasteiger partial charge in [0.2, 0.25) is 5.91 Å². The van der Waals surface area contributed by atoms with Crippen molar-refractivity contribution in [3.8, 4) is 0 Å². The highest BCUT2D eigenvalue weighted by atomic mass is 16.2. The lowest BCUT2D eigenvalue weighted by atomic mass is 9.95. The van der Waals surface area contributed by atoms with Gasteiger partial charge < -0.3 is 20.4 Å². The summed E-state index contributed by atoms with van der Waals surface area (Å²) in [5.74, 6) is -0.724. The number of hydrogen-bond acceptors (Lipinski definition) is 5. The van der Waals surface area contributed by atoms with Crippen LogP contribution in [-0.2, 0) is 11.3 Å². The van der Waals surface area contributed by atoms with Crippen molar-refractivity contribution in [2.24, 2.45) is 0 Å². The third-order valence-corrected chi connectivity index (χ3v) is 7.55. The Bertz CT molecular complexity index is 870. The molecule has 0 spiro atoms. The van der Waals surface area contributed by atoms with Crippen LogP contribution in [0.3, 0.4) is 0 Å². The highest BCUT2D eigenvalue weighted by Crippen LogP contribution is 2.27. The largest absolute Gasteiger partial charge is 0.351 e. The summed E-state index contributed by atoms with van der Waals surface area (Å²) in [5, 5.41) is 10.5. The average molecular weight is 459 g/mol. The van der Waals surface area contributed by atoms with E-state index in [4.69, 9.17) is 0 Å². The minimum absolute atomic E-state index is 0.153. The number of amides is 3. The average Bonchev–Trinajstić information content (AvgIpc) is 3.40. The summed E-state index contributed by atoms with van der Waals surface area (Å²) in [5.41, 5.74) is -0.480. The molecule has 3 amide bonds. The van der Waals surface area contributed by atoms with E-state index in [-0.39, 0.29) is 36.0 Å². The molecule has 4 rings (SSSR count). The molecular formula is C24H38N6O3. The number of carbonyl (C=O) groups excluding carboxylic acids is 3. The molecule has 9 nitrogen and oxygen atoms in total. The van der Waals surface area contributed by atoms with Gasteiger partial charge in [-0.1, -0.05) is 25.7 Å². The van der Waals surface area contributed by atoms with Crippen molar-refractivity contribution in [2.75, 3.05) is 33.2 Å². The Morgan fingerprint density at radius 2 is 1.82 bits per heavy atom. The van der Waals surface area contributed by atoms with E-state index < -0.39 is 5.54 Å². The molecule has 2 N–H and O–H groups in total. The predicted molar refractivity (Wildman–Crippen MR) is 125 cm³/mol. The van der Waals surface area contributed by atoms with Gasteiger partial charge in [-0.25, -0.2) is 0 Å². The molecule has 182 valence electrons. The van der Waals surface area contributed by atoms with E-state index >= 15 is 0 Å². The molecule has 1 saturated heterocycles. The van der Waals surface area contributed by atoms with Crippen molar-refractivity contribution in [3.63, 3.8) is 0 Å². The molecule has 0 aromatic carbocycles. The Hall–Kier alpha value is -2.42. The number of likely N-dealkylation sites (tertiary alicyclic amines) is 1. The molecular weight excluding hydrogens is 420 g/mol. The molecule has 1 aromatic heterocycles. The van der Waals surface area contributed by atoms with Gasteiger partial charge >= 0.3 is 0 Å². The minimum atomic E-state index is -1.05. The summed E-state index contributed by atoms with van der Waals surface area (Å²) < 4.78 is 1.52. The number of likely N-dealkylation sites (N-methyl/N-ethyl adjacent to an activating group) is 1. The molecule has 3 heterocycles. The lowest BCUT2D eigenvalue weighted by Gasteiger charge is -2.41. The van der Waals surface area contributed by atoms with E-state index in [1.54, 1.807) is 14.0 Å². The molecule has 3 aliphatic rings. The SMILES string of the molecule is CN1C(=O)c2cc(C(=O)NCCCN3CCCC3)nn2CC1(C)C(=O)NC1CCCCCC1. The third-order valence-electron chi connectivity index (χ3n) is 7.55. The van der Waals surface area contributed by atoms with Crippen molar-refractivity contribution < 1.29 is 14.4 Å².